The molecule has 4 heteroatoms. The SMILES string of the molecule is CCCCC(CCC)Nc1cc(Cl)nc(C)n1. The summed E-state index contributed by atoms with van der Waals surface area (Å²) in [6.07, 6.45) is 6.01. The molecule has 1 heterocycles. The van der Waals surface area contributed by atoms with Gasteiger partial charge in [0, 0.05) is 12.1 Å². The van der Waals surface area contributed by atoms with Gasteiger partial charge in [0.1, 0.15) is 16.8 Å². The van der Waals surface area contributed by atoms with Crippen LogP contribution < -0.4 is 5.32 Å². The van der Waals surface area contributed by atoms with E-state index in [9.17, 15) is 0 Å². The van der Waals surface area contributed by atoms with Crippen LogP contribution in [0.1, 0.15) is 51.8 Å². The first-order chi connectivity index (χ1) is 8.15. The van der Waals surface area contributed by atoms with Crippen molar-refractivity contribution in [3.05, 3.63) is 17.0 Å². The predicted molar refractivity (Wildman–Crippen MR) is 73.6 cm³/mol. The molecule has 3 nitrogen and oxygen atoms in total. The average Bonchev–Trinajstić information content (AvgIpc) is 2.24. The van der Waals surface area contributed by atoms with Gasteiger partial charge >= 0.3 is 0 Å². The predicted octanol–water partition coefficient (Wildman–Crippen LogP) is 4.21. The molecule has 0 aliphatic carbocycles. The Hall–Kier alpha value is -0.830. The van der Waals surface area contributed by atoms with Gasteiger partial charge in [-0.05, 0) is 19.8 Å². The summed E-state index contributed by atoms with van der Waals surface area (Å²) in [5, 5.41) is 3.97. The van der Waals surface area contributed by atoms with E-state index in [1.165, 1.54) is 32.1 Å². The molecule has 0 bridgehead atoms. The molecular formula is C13H22ClN3. The Labute approximate surface area is 109 Å². The second kappa shape index (κ2) is 7.49. The molecule has 1 rings (SSSR count). The normalized spacial score (nSPS) is 12.5. The van der Waals surface area contributed by atoms with Gasteiger partial charge in [0.2, 0.25) is 0 Å². The van der Waals surface area contributed by atoms with Crippen LogP contribution in [0.2, 0.25) is 5.15 Å². The maximum atomic E-state index is 5.92. The highest BCUT2D eigenvalue weighted by molar-refractivity contribution is 6.29. The molecule has 1 atom stereocenters. The summed E-state index contributed by atoms with van der Waals surface area (Å²) in [6.45, 7) is 6.28. The maximum Gasteiger partial charge on any atom is 0.134 e. The molecular weight excluding hydrogens is 234 g/mol. The largest absolute Gasteiger partial charge is 0.367 e. The van der Waals surface area contributed by atoms with E-state index in [1.807, 2.05) is 6.92 Å². The summed E-state index contributed by atoms with van der Waals surface area (Å²) in [5.41, 5.74) is 0. The van der Waals surface area contributed by atoms with Gasteiger partial charge in [-0.3, -0.25) is 0 Å². The van der Waals surface area contributed by atoms with Crippen molar-refractivity contribution in [2.75, 3.05) is 5.32 Å². The molecule has 0 fully saturated rings. The summed E-state index contributed by atoms with van der Waals surface area (Å²) in [6, 6.07) is 2.29. The summed E-state index contributed by atoms with van der Waals surface area (Å²) >= 11 is 5.92. The second-order valence-corrected chi connectivity index (χ2v) is 4.78. The number of halogens is 1. The third kappa shape index (κ3) is 5.35. The molecule has 0 saturated heterocycles. The fraction of sp³-hybridized carbons (Fsp3) is 0.692. The van der Waals surface area contributed by atoms with Crippen molar-refractivity contribution in [3.8, 4) is 0 Å². The van der Waals surface area contributed by atoms with E-state index < -0.39 is 0 Å². The third-order valence-electron chi connectivity index (χ3n) is 2.70. The van der Waals surface area contributed by atoms with Crippen LogP contribution in [0.25, 0.3) is 0 Å². The zero-order valence-electron chi connectivity index (χ0n) is 11.0. The number of aromatic nitrogens is 2. The topological polar surface area (TPSA) is 37.8 Å². The molecule has 1 N–H and O–H groups in total. The van der Waals surface area contributed by atoms with Crippen molar-refractivity contribution in [1.82, 2.24) is 9.97 Å². The van der Waals surface area contributed by atoms with Crippen molar-refractivity contribution >= 4 is 17.4 Å². The number of anilines is 1. The van der Waals surface area contributed by atoms with Crippen molar-refractivity contribution in [1.29, 1.82) is 0 Å². The highest BCUT2D eigenvalue weighted by atomic mass is 35.5. The zero-order valence-corrected chi connectivity index (χ0v) is 11.7. The Bertz CT molecular complexity index is 321. The number of unbranched alkanes of at least 4 members (excludes halogenated alkanes) is 1. The van der Waals surface area contributed by atoms with Gasteiger partial charge in [0.25, 0.3) is 0 Å². The number of hydrogen-bond acceptors (Lipinski definition) is 3. The lowest BCUT2D eigenvalue weighted by Crippen LogP contribution is -2.20. The Morgan fingerprint density at radius 1 is 1.24 bits per heavy atom. The standard InChI is InChI=1S/C13H22ClN3/c1-4-6-8-11(7-5-2)17-13-9-12(14)15-10(3)16-13/h9,11H,4-8H2,1-3H3,(H,15,16,17). The lowest BCUT2D eigenvalue weighted by molar-refractivity contribution is 0.562. The molecule has 0 saturated carbocycles. The molecule has 1 aromatic rings. The van der Waals surface area contributed by atoms with E-state index in [2.05, 4.69) is 29.1 Å². The summed E-state index contributed by atoms with van der Waals surface area (Å²) in [7, 11) is 0. The van der Waals surface area contributed by atoms with E-state index in [4.69, 9.17) is 11.6 Å². The van der Waals surface area contributed by atoms with Gasteiger partial charge in [0.05, 0.1) is 0 Å². The van der Waals surface area contributed by atoms with Crippen molar-refractivity contribution in [3.63, 3.8) is 0 Å². The van der Waals surface area contributed by atoms with Gasteiger partial charge in [-0.15, -0.1) is 0 Å². The minimum Gasteiger partial charge on any atom is -0.367 e. The Morgan fingerprint density at radius 2 is 2.00 bits per heavy atom. The van der Waals surface area contributed by atoms with Gasteiger partial charge < -0.3 is 5.32 Å². The van der Waals surface area contributed by atoms with Gasteiger partial charge in [-0.1, -0.05) is 44.7 Å². The highest BCUT2D eigenvalue weighted by Crippen LogP contribution is 2.16. The van der Waals surface area contributed by atoms with Crippen molar-refractivity contribution in [2.45, 2.75) is 58.9 Å². The fourth-order valence-corrected chi connectivity index (χ4v) is 2.13. The van der Waals surface area contributed by atoms with Crippen LogP contribution >= 0.6 is 11.6 Å². The fourth-order valence-electron chi connectivity index (χ4n) is 1.90. The molecule has 0 aliphatic rings. The van der Waals surface area contributed by atoms with Crippen molar-refractivity contribution < 1.29 is 0 Å². The molecule has 0 aliphatic heterocycles. The Balaban J connectivity index is 2.63. The van der Waals surface area contributed by atoms with Crippen LogP contribution in [0.4, 0.5) is 5.82 Å². The molecule has 0 amide bonds. The molecule has 1 unspecified atom stereocenters. The molecule has 96 valence electrons. The number of rotatable bonds is 7. The van der Waals surface area contributed by atoms with Crippen LogP contribution in [0.5, 0.6) is 0 Å². The second-order valence-electron chi connectivity index (χ2n) is 4.40. The van der Waals surface area contributed by atoms with E-state index in [1.54, 1.807) is 6.07 Å². The van der Waals surface area contributed by atoms with Crippen molar-refractivity contribution in [2.24, 2.45) is 0 Å². The molecule has 0 spiro atoms. The lowest BCUT2D eigenvalue weighted by Gasteiger charge is -2.18. The Morgan fingerprint density at radius 3 is 2.59 bits per heavy atom. The maximum absolute atomic E-state index is 5.92. The van der Waals surface area contributed by atoms with Gasteiger partial charge in [-0.2, -0.15) is 0 Å². The summed E-state index contributed by atoms with van der Waals surface area (Å²) < 4.78 is 0. The minimum absolute atomic E-state index is 0.491. The average molecular weight is 256 g/mol. The van der Waals surface area contributed by atoms with E-state index in [0.717, 1.165) is 5.82 Å². The van der Waals surface area contributed by atoms with E-state index in [0.29, 0.717) is 17.0 Å². The minimum atomic E-state index is 0.491. The highest BCUT2D eigenvalue weighted by Gasteiger charge is 2.08. The zero-order chi connectivity index (χ0) is 12.7. The van der Waals surface area contributed by atoms with Gasteiger partial charge in [0.15, 0.2) is 0 Å². The summed E-state index contributed by atoms with van der Waals surface area (Å²) in [4.78, 5) is 8.42. The first kappa shape index (κ1) is 14.2. The van der Waals surface area contributed by atoms with Crippen LogP contribution in [0, 0.1) is 6.92 Å². The van der Waals surface area contributed by atoms with Crippen LogP contribution in [0.3, 0.4) is 0 Å². The van der Waals surface area contributed by atoms with E-state index >= 15 is 0 Å². The molecule has 0 radical (unpaired) electrons. The number of nitrogens with one attached hydrogen (secondary N) is 1. The molecule has 1 aromatic heterocycles. The third-order valence-corrected chi connectivity index (χ3v) is 2.90. The summed E-state index contributed by atoms with van der Waals surface area (Å²) in [5.74, 6) is 1.56. The van der Waals surface area contributed by atoms with Gasteiger partial charge in [-0.25, -0.2) is 9.97 Å². The molecule has 0 aromatic carbocycles. The Kier molecular flexibility index (Phi) is 6.27. The lowest BCUT2D eigenvalue weighted by atomic mass is 10.1. The first-order valence-electron chi connectivity index (χ1n) is 6.43. The quantitative estimate of drug-likeness (QED) is 0.742. The first-order valence-corrected chi connectivity index (χ1v) is 6.81. The number of nitrogens with zero attached hydrogens (tertiary/aromatic N) is 2. The van der Waals surface area contributed by atoms with E-state index in [-0.39, 0.29) is 0 Å². The van der Waals surface area contributed by atoms with Crippen LogP contribution in [0.15, 0.2) is 6.07 Å². The van der Waals surface area contributed by atoms with Crippen LogP contribution in [-0.2, 0) is 0 Å². The smallest absolute Gasteiger partial charge is 0.134 e. The number of hydrogen-bond donors (Lipinski definition) is 1. The van der Waals surface area contributed by atoms with Crippen LogP contribution in [-0.4, -0.2) is 16.0 Å². The number of aryl methyl sites for hydroxylation is 1. The molecule has 17 heavy (non-hydrogen) atoms. The monoisotopic (exact) mass is 255 g/mol.